The first-order chi connectivity index (χ1) is 6.81. The molecule has 2 nitrogen and oxygen atoms in total. The van der Waals surface area contributed by atoms with Gasteiger partial charge in [-0.3, -0.25) is 0 Å². The number of hydrogen-bond donors (Lipinski definition) is 1. The monoisotopic (exact) mass is 190 g/mol. The van der Waals surface area contributed by atoms with E-state index in [2.05, 4.69) is 6.92 Å². The highest BCUT2D eigenvalue weighted by molar-refractivity contribution is 5.79. The Kier molecular flexibility index (Phi) is 2.44. The number of aromatic hydroxyl groups is 1. The molecule has 0 amide bonds. The summed E-state index contributed by atoms with van der Waals surface area (Å²) in [6, 6.07) is 5.56. The molecule has 0 aliphatic heterocycles. The Morgan fingerprint density at radius 1 is 1.36 bits per heavy atom. The van der Waals surface area contributed by atoms with Gasteiger partial charge in [0, 0.05) is 5.39 Å². The van der Waals surface area contributed by atoms with E-state index in [9.17, 15) is 5.11 Å². The van der Waals surface area contributed by atoms with Gasteiger partial charge in [-0.05, 0) is 36.6 Å². The van der Waals surface area contributed by atoms with E-state index < -0.39 is 0 Å². The maximum absolute atomic E-state index is 9.71. The van der Waals surface area contributed by atoms with E-state index in [0.717, 1.165) is 35.8 Å². The van der Waals surface area contributed by atoms with Crippen LogP contribution in [-0.2, 0) is 6.42 Å². The smallest absolute Gasteiger partial charge is 0.134 e. The van der Waals surface area contributed by atoms with Gasteiger partial charge in [-0.25, -0.2) is 0 Å². The predicted octanol–water partition coefficient (Wildman–Crippen LogP) is 3.48. The summed E-state index contributed by atoms with van der Waals surface area (Å²) in [5.41, 5.74) is 1.84. The number of aryl methyl sites for hydroxylation is 1. The van der Waals surface area contributed by atoms with Crippen molar-refractivity contribution in [3.63, 3.8) is 0 Å². The molecule has 0 bridgehead atoms. The van der Waals surface area contributed by atoms with Crippen LogP contribution in [0, 0.1) is 0 Å². The van der Waals surface area contributed by atoms with E-state index in [1.807, 2.05) is 12.1 Å². The van der Waals surface area contributed by atoms with E-state index in [1.54, 1.807) is 12.3 Å². The standard InChI is InChI=1S/C12H14O2/c1-2-3-4-9-8-12-10(5-6-14-12)7-11(9)13/h5-8,13H,2-4H2,1H3. The van der Waals surface area contributed by atoms with Crippen molar-refractivity contribution in [3.05, 3.63) is 30.0 Å². The molecule has 0 unspecified atom stereocenters. The minimum absolute atomic E-state index is 0.382. The fourth-order valence-electron chi connectivity index (χ4n) is 1.61. The van der Waals surface area contributed by atoms with Crippen LogP contribution in [0.15, 0.2) is 28.9 Å². The second-order valence-corrected chi connectivity index (χ2v) is 3.54. The molecule has 0 aliphatic carbocycles. The Morgan fingerprint density at radius 3 is 3.00 bits per heavy atom. The molecule has 2 aromatic rings. The van der Waals surface area contributed by atoms with E-state index in [0.29, 0.717) is 5.75 Å². The SMILES string of the molecule is CCCCc1cc2occc2cc1O. The van der Waals surface area contributed by atoms with Crippen LogP contribution in [0.5, 0.6) is 5.75 Å². The molecule has 14 heavy (non-hydrogen) atoms. The summed E-state index contributed by atoms with van der Waals surface area (Å²) in [4.78, 5) is 0. The number of benzene rings is 1. The summed E-state index contributed by atoms with van der Waals surface area (Å²) >= 11 is 0. The van der Waals surface area contributed by atoms with Crippen molar-refractivity contribution in [2.24, 2.45) is 0 Å². The first-order valence-corrected chi connectivity index (χ1v) is 5.00. The molecule has 0 aliphatic rings. The molecule has 0 saturated carbocycles. The van der Waals surface area contributed by atoms with Crippen LogP contribution in [-0.4, -0.2) is 5.11 Å². The largest absolute Gasteiger partial charge is 0.508 e. The van der Waals surface area contributed by atoms with Gasteiger partial charge in [0.1, 0.15) is 11.3 Å². The second-order valence-electron chi connectivity index (χ2n) is 3.54. The molecule has 0 saturated heterocycles. The van der Waals surface area contributed by atoms with Crippen LogP contribution >= 0.6 is 0 Å². The molecule has 0 radical (unpaired) electrons. The lowest BCUT2D eigenvalue weighted by atomic mass is 10.1. The summed E-state index contributed by atoms with van der Waals surface area (Å²) in [7, 11) is 0. The average molecular weight is 190 g/mol. The highest BCUT2D eigenvalue weighted by Gasteiger charge is 2.05. The van der Waals surface area contributed by atoms with Crippen LogP contribution in [0.3, 0.4) is 0 Å². The lowest BCUT2D eigenvalue weighted by Gasteiger charge is -2.03. The lowest BCUT2D eigenvalue weighted by Crippen LogP contribution is -1.85. The summed E-state index contributed by atoms with van der Waals surface area (Å²) in [6.45, 7) is 2.14. The Labute approximate surface area is 83.2 Å². The molecule has 1 aromatic carbocycles. The zero-order chi connectivity index (χ0) is 9.97. The zero-order valence-electron chi connectivity index (χ0n) is 8.29. The first-order valence-electron chi connectivity index (χ1n) is 5.00. The van der Waals surface area contributed by atoms with Crippen LogP contribution in [0.1, 0.15) is 25.3 Å². The van der Waals surface area contributed by atoms with Gasteiger partial charge >= 0.3 is 0 Å². The maximum atomic E-state index is 9.71. The molecule has 1 aromatic heterocycles. The number of hydrogen-bond acceptors (Lipinski definition) is 2. The average Bonchev–Trinajstić information content (AvgIpc) is 2.61. The Hall–Kier alpha value is -1.44. The number of rotatable bonds is 3. The van der Waals surface area contributed by atoms with Crippen molar-refractivity contribution in [2.45, 2.75) is 26.2 Å². The van der Waals surface area contributed by atoms with Gasteiger partial charge in [0.05, 0.1) is 6.26 Å². The van der Waals surface area contributed by atoms with Crippen molar-refractivity contribution < 1.29 is 9.52 Å². The molecule has 74 valence electrons. The molecule has 1 heterocycles. The summed E-state index contributed by atoms with van der Waals surface area (Å²) in [5.74, 6) is 0.382. The molecule has 1 N–H and O–H groups in total. The number of phenols is 1. The fourth-order valence-corrected chi connectivity index (χ4v) is 1.61. The van der Waals surface area contributed by atoms with Crippen molar-refractivity contribution in [1.29, 1.82) is 0 Å². The van der Waals surface area contributed by atoms with Crippen molar-refractivity contribution in [2.75, 3.05) is 0 Å². The molecule has 0 spiro atoms. The van der Waals surface area contributed by atoms with E-state index in [1.165, 1.54) is 0 Å². The molecular formula is C12H14O2. The van der Waals surface area contributed by atoms with Gasteiger partial charge in [-0.1, -0.05) is 13.3 Å². The number of fused-ring (bicyclic) bond motifs is 1. The first kappa shape index (κ1) is 9.13. The highest BCUT2D eigenvalue weighted by atomic mass is 16.3. The van der Waals surface area contributed by atoms with E-state index in [4.69, 9.17) is 4.42 Å². The van der Waals surface area contributed by atoms with Crippen molar-refractivity contribution >= 4 is 11.0 Å². The summed E-state index contributed by atoms with van der Waals surface area (Å²) in [6.07, 6.45) is 4.79. The minimum Gasteiger partial charge on any atom is -0.508 e. The van der Waals surface area contributed by atoms with Gasteiger partial charge in [-0.2, -0.15) is 0 Å². The molecule has 0 atom stereocenters. The van der Waals surface area contributed by atoms with E-state index in [-0.39, 0.29) is 0 Å². The van der Waals surface area contributed by atoms with Crippen molar-refractivity contribution in [3.8, 4) is 5.75 Å². The topological polar surface area (TPSA) is 33.4 Å². The summed E-state index contributed by atoms with van der Waals surface area (Å²) in [5, 5.41) is 10.7. The predicted molar refractivity (Wildman–Crippen MR) is 56.5 cm³/mol. The van der Waals surface area contributed by atoms with Crippen LogP contribution in [0.2, 0.25) is 0 Å². The molecule has 0 fully saturated rings. The Morgan fingerprint density at radius 2 is 2.21 bits per heavy atom. The minimum atomic E-state index is 0.382. The van der Waals surface area contributed by atoms with Gasteiger partial charge in [-0.15, -0.1) is 0 Å². The Bertz CT molecular complexity index is 429. The number of phenolic OH excluding ortho intramolecular Hbond substituents is 1. The molecule has 2 heteroatoms. The van der Waals surface area contributed by atoms with Gasteiger partial charge in [0.2, 0.25) is 0 Å². The van der Waals surface area contributed by atoms with E-state index >= 15 is 0 Å². The third kappa shape index (κ3) is 1.60. The van der Waals surface area contributed by atoms with Crippen molar-refractivity contribution in [1.82, 2.24) is 0 Å². The summed E-state index contributed by atoms with van der Waals surface area (Å²) < 4.78 is 5.28. The number of furan rings is 1. The normalized spacial score (nSPS) is 10.9. The third-order valence-electron chi connectivity index (χ3n) is 2.45. The maximum Gasteiger partial charge on any atom is 0.134 e. The van der Waals surface area contributed by atoms with Crippen LogP contribution in [0.25, 0.3) is 11.0 Å². The third-order valence-corrected chi connectivity index (χ3v) is 2.45. The number of unbranched alkanes of at least 4 members (excludes halogenated alkanes) is 1. The second kappa shape index (κ2) is 3.74. The zero-order valence-corrected chi connectivity index (χ0v) is 8.29. The highest BCUT2D eigenvalue weighted by Crippen LogP contribution is 2.26. The van der Waals surface area contributed by atoms with Gasteiger partial charge in [0.15, 0.2) is 0 Å². The van der Waals surface area contributed by atoms with Gasteiger partial charge in [0.25, 0.3) is 0 Å². The lowest BCUT2D eigenvalue weighted by molar-refractivity contribution is 0.467. The Balaban J connectivity index is 2.38. The molecular weight excluding hydrogens is 176 g/mol. The quantitative estimate of drug-likeness (QED) is 0.803. The van der Waals surface area contributed by atoms with Crippen LogP contribution in [0.4, 0.5) is 0 Å². The molecule has 2 rings (SSSR count). The fraction of sp³-hybridized carbons (Fsp3) is 0.333. The van der Waals surface area contributed by atoms with Gasteiger partial charge < -0.3 is 9.52 Å². The van der Waals surface area contributed by atoms with Crippen LogP contribution < -0.4 is 0 Å².